The van der Waals surface area contributed by atoms with Crippen LogP contribution in [0.15, 0.2) is 41.9 Å². The third-order valence-electron chi connectivity index (χ3n) is 2.88. The van der Waals surface area contributed by atoms with E-state index < -0.39 is 0 Å². The highest BCUT2D eigenvalue weighted by Crippen LogP contribution is 2.12. The highest BCUT2D eigenvalue weighted by Gasteiger charge is 1.97. The summed E-state index contributed by atoms with van der Waals surface area (Å²) >= 11 is 0. The second-order valence-corrected chi connectivity index (χ2v) is 4.59. The number of esters is 1. The van der Waals surface area contributed by atoms with Gasteiger partial charge in [-0.1, -0.05) is 6.58 Å². The van der Waals surface area contributed by atoms with E-state index in [-0.39, 0.29) is 5.97 Å². The van der Waals surface area contributed by atoms with Gasteiger partial charge in [-0.25, -0.2) is 4.79 Å². The van der Waals surface area contributed by atoms with E-state index >= 15 is 0 Å². The van der Waals surface area contributed by atoms with Crippen LogP contribution in [0.1, 0.15) is 31.2 Å². The van der Waals surface area contributed by atoms with Crippen molar-refractivity contribution in [3.8, 4) is 5.75 Å². The van der Waals surface area contributed by atoms with Crippen LogP contribution in [-0.2, 0) is 9.53 Å². The zero-order chi connectivity index (χ0) is 15.3. The van der Waals surface area contributed by atoms with Gasteiger partial charge in [-0.2, -0.15) is 0 Å². The molecule has 21 heavy (non-hydrogen) atoms. The van der Waals surface area contributed by atoms with E-state index in [1.165, 1.54) is 6.08 Å². The lowest BCUT2D eigenvalue weighted by Gasteiger charge is -2.06. The minimum Gasteiger partial charge on any atom is -0.494 e. The third-order valence-corrected chi connectivity index (χ3v) is 2.88. The number of carbonyl (C=O) groups excluding carboxylic acids is 1. The molecule has 0 radical (unpaired) electrons. The summed E-state index contributed by atoms with van der Waals surface area (Å²) < 4.78 is 10.6. The standard InChI is InChI=1S/C17H23NO3/c1-3-17(19)21-13-7-5-4-6-12-20-16-10-8-15(9-11-16)14-18-2/h3,8-11,14H,1,4-7,12-13H2,2H3. The molecule has 0 N–H and O–H groups in total. The zero-order valence-corrected chi connectivity index (χ0v) is 12.6. The van der Waals surface area contributed by atoms with E-state index in [1.807, 2.05) is 30.5 Å². The van der Waals surface area contributed by atoms with Gasteiger partial charge in [0.2, 0.25) is 0 Å². The second kappa shape index (κ2) is 10.7. The molecule has 0 saturated carbocycles. The van der Waals surface area contributed by atoms with E-state index in [0.29, 0.717) is 13.2 Å². The summed E-state index contributed by atoms with van der Waals surface area (Å²) in [5.74, 6) is 0.526. The van der Waals surface area contributed by atoms with Gasteiger partial charge in [0, 0.05) is 19.3 Å². The lowest BCUT2D eigenvalue weighted by atomic mass is 10.2. The number of ether oxygens (including phenoxy) is 2. The van der Waals surface area contributed by atoms with E-state index in [2.05, 4.69) is 11.6 Å². The number of aliphatic imine (C=N–C) groups is 1. The third kappa shape index (κ3) is 7.92. The predicted molar refractivity (Wildman–Crippen MR) is 85.1 cm³/mol. The molecule has 0 spiro atoms. The Balaban J connectivity index is 2.03. The van der Waals surface area contributed by atoms with Crippen molar-refractivity contribution in [1.29, 1.82) is 0 Å². The van der Waals surface area contributed by atoms with Crippen LogP contribution < -0.4 is 4.74 Å². The molecule has 114 valence electrons. The lowest BCUT2D eigenvalue weighted by molar-refractivity contribution is -0.137. The molecule has 0 heterocycles. The minimum absolute atomic E-state index is 0.352. The van der Waals surface area contributed by atoms with Crippen molar-refractivity contribution in [3.05, 3.63) is 42.5 Å². The number of hydrogen-bond acceptors (Lipinski definition) is 4. The fourth-order valence-electron chi connectivity index (χ4n) is 1.78. The molecular formula is C17H23NO3. The normalized spacial score (nSPS) is 10.5. The van der Waals surface area contributed by atoms with E-state index in [9.17, 15) is 4.79 Å². The highest BCUT2D eigenvalue weighted by atomic mass is 16.5. The first-order chi connectivity index (χ1) is 10.3. The molecule has 1 aromatic rings. The number of unbranched alkanes of at least 4 members (excludes halogenated alkanes) is 3. The minimum atomic E-state index is -0.352. The fourth-order valence-corrected chi connectivity index (χ4v) is 1.78. The summed E-state index contributed by atoms with van der Waals surface area (Å²) in [5.41, 5.74) is 1.07. The van der Waals surface area contributed by atoms with Crippen LogP contribution >= 0.6 is 0 Å². The topological polar surface area (TPSA) is 47.9 Å². The Kier molecular flexibility index (Phi) is 8.61. The van der Waals surface area contributed by atoms with E-state index in [1.54, 1.807) is 7.05 Å². The maximum absolute atomic E-state index is 10.8. The molecule has 1 aromatic carbocycles. The van der Waals surface area contributed by atoms with Crippen LogP contribution in [0, 0.1) is 0 Å². The summed E-state index contributed by atoms with van der Waals surface area (Å²) in [7, 11) is 1.75. The zero-order valence-electron chi connectivity index (χ0n) is 12.6. The molecule has 0 atom stereocenters. The molecule has 1 rings (SSSR count). The Labute approximate surface area is 126 Å². The molecule has 0 aliphatic carbocycles. The van der Waals surface area contributed by atoms with Crippen molar-refractivity contribution in [2.75, 3.05) is 20.3 Å². The monoisotopic (exact) mass is 289 g/mol. The van der Waals surface area contributed by atoms with Crippen LogP contribution in [0.5, 0.6) is 5.75 Å². The molecule has 0 aliphatic heterocycles. The van der Waals surface area contributed by atoms with Crippen LogP contribution in [0.3, 0.4) is 0 Å². The highest BCUT2D eigenvalue weighted by molar-refractivity contribution is 5.81. The van der Waals surface area contributed by atoms with E-state index in [4.69, 9.17) is 9.47 Å². The number of benzene rings is 1. The van der Waals surface area contributed by atoms with Gasteiger partial charge in [0.15, 0.2) is 0 Å². The van der Waals surface area contributed by atoms with Gasteiger partial charge < -0.3 is 9.47 Å². The van der Waals surface area contributed by atoms with Crippen molar-refractivity contribution in [3.63, 3.8) is 0 Å². The summed E-state index contributed by atoms with van der Waals surface area (Å²) in [6.07, 6.45) is 6.96. The quantitative estimate of drug-likeness (QED) is 0.287. The first kappa shape index (κ1) is 17.0. The van der Waals surface area contributed by atoms with Crippen LogP contribution in [0.2, 0.25) is 0 Å². The van der Waals surface area contributed by atoms with Gasteiger partial charge in [0.1, 0.15) is 5.75 Å². The SMILES string of the molecule is C=CC(=O)OCCCCCCOc1ccc(C=NC)cc1. The van der Waals surface area contributed by atoms with Gasteiger partial charge in [0.25, 0.3) is 0 Å². The molecule has 4 nitrogen and oxygen atoms in total. The molecule has 0 amide bonds. The Bertz CT molecular complexity index is 452. The second-order valence-electron chi connectivity index (χ2n) is 4.59. The number of carbonyl (C=O) groups is 1. The van der Waals surface area contributed by atoms with Crippen LogP contribution in [0.4, 0.5) is 0 Å². The Morgan fingerprint density at radius 3 is 2.43 bits per heavy atom. The molecule has 4 heteroatoms. The maximum Gasteiger partial charge on any atom is 0.330 e. The van der Waals surface area contributed by atoms with E-state index in [0.717, 1.165) is 37.0 Å². The van der Waals surface area contributed by atoms with Gasteiger partial charge in [-0.05, 0) is 55.5 Å². The number of rotatable bonds is 10. The molecule has 0 aromatic heterocycles. The fraction of sp³-hybridized carbons (Fsp3) is 0.412. The molecule has 0 fully saturated rings. The summed E-state index contributed by atoms with van der Waals surface area (Å²) in [6, 6.07) is 7.87. The lowest BCUT2D eigenvalue weighted by Crippen LogP contribution is -2.02. The molecule has 0 unspecified atom stereocenters. The van der Waals surface area contributed by atoms with Gasteiger partial charge in [-0.15, -0.1) is 0 Å². The Morgan fingerprint density at radius 1 is 1.14 bits per heavy atom. The Hall–Kier alpha value is -2.10. The Morgan fingerprint density at radius 2 is 1.81 bits per heavy atom. The van der Waals surface area contributed by atoms with Gasteiger partial charge in [0.05, 0.1) is 13.2 Å². The van der Waals surface area contributed by atoms with Crippen molar-refractivity contribution in [1.82, 2.24) is 0 Å². The van der Waals surface area contributed by atoms with Crippen LogP contribution in [-0.4, -0.2) is 32.4 Å². The predicted octanol–water partition coefficient (Wildman–Crippen LogP) is 3.40. The van der Waals surface area contributed by atoms with Crippen molar-refractivity contribution in [2.24, 2.45) is 4.99 Å². The molecular weight excluding hydrogens is 266 g/mol. The van der Waals surface area contributed by atoms with Crippen molar-refractivity contribution in [2.45, 2.75) is 25.7 Å². The average molecular weight is 289 g/mol. The van der Waals surface area contributed by atoms with Crippen molar-refractivity contribution < 1.29 is 14.3 Å². The maximum atomic E-state index is 10.8. The number of nitrogens with zero attached hydrogens (tertiary/aromatic N) is 1. The van der Waals surface area contributed by atoms with Crippen LogP contribution in [0.25, 0.3) is 0 Å². The smallest absolute Gasteiger partial charge is 0.330 e. The summed E-state index contributed by atoms with van der Waals surface area (Å²) in [4.78, 5) is 14.8. The van der Waals surface area contributed by atoms with Crippen molar-refractivity contribution >= 4 is 12.2 Å². The first-order valence-electron chi connectivity index (χ1n) is 7.20. The summed E-state index contributed by atoms with van der Waals surface area (Å²) in [6.45, 7) is 4.51. The van der Waals surface area contributed by atoms with Gasteiger partial charge >= 0.3 is 5.97 Å². The van der Waals surface area contributed by atoms with Gasteiger partial charge in [-0.3, -0.25) is 4.99 Å². The molecule has 0 aliphatic rings. The average Bonchev–Trinajstić information content (AvgIpc) is 2.51. The largest absolute Gasteiger partial charge is 0.494 e. The first-order valence-corrected chi connectivity index (χ1v) is 7.20. The summed E-state index contributed by atoms with van der Waals surface area (Å²) in [5, 5.41) is 0. The molecule has 0 saturated heterocycles. The molecule has 0 bridgehead atoms. The number of hydrogen-bond donors (Lipinski definition) is 0.